The van der Waals surface area contributed by atoms with Crippen LogP contribution in [0.1, 0.15) is 25.1 Å². The Morgan fingerprint density at radius 3 is 2.47 bits per heavy atom. The summed E-state index contributed by atoms with van der Waals surface area (Å²) in [6.45, 7) is 4.30. The number of aromatic nitrogens is 2. The molecule has 1 aromatic heterocycles. The van der Waals surface area contributed by atoms with E-state index in [1.165, 1.54) is 11.3 Å². The lowest BCUT2D eigenvalue weighted by Crippen LogP contribution is -2.02. The molecule has 77 valence electrons. The summed E-state index contributed by atoms with van der Waals surface area (Å²) in [7, 11) is 0. The minimum absolute atomic E-state index is 0.995. The van der Waals surface area contributed by atoms with E-state index in [1.807, 2.05) is 22.9 Å². The van der Waals surface area contributed by atoms with Crippen LogP contribution in [0.25, 0.3) is 5.69 Å². The molecule has 0 aliphatic carbocycles. The van der Waals surface area contributed by atoms with Gasteiger partial charge in [-0.2, -0.15) is 5.10 Å². The number of aryl methyl sites for hydroxylation is 1. The van der Waals surface area contributed by atoms with Gasteiger partial charge in [0.05, 0.1) is 5.69 Å². The molecular formula is C13H15N2. The number of benzene rings is 1. The highest BCUT2D eigenvalue weighted by molar-refractivity contribution is 5.34. The average Bonchev–Trinajstić information content (AvgIpc) is 2.72. The molecule has 0 spiro atoms. The van der Waals surface area contributed by atoms with Crippen LogP contribution in [0.5, 0.6) is 0 Å². The van der Waals surface area contributed by atoms with Gasteiger partial charge in [0.1, 0.15) is 6.20 Å². The van der Waals surface area contributed by atoms with Gasteiger partial charge >= 0.3 is 0 Å². The van der Waals surface area contributed by atoms with Crippen molar-refractivity contribution in [3.05, 3.63) is 47.8 Å². The first-order chi connectivity index (χ1) is 7.36. The molecule has 0 aliphatic heterocycles. The lowest BCUT2D eigenvalue weighted by atomic mass is 10.1. The van der Waals surface area contributed by atoms with Gasteiger partial charge in [-0.15, -0.1) is 0 Å². The standard InChI is InChI=1S/C13H15N2/c1-3-11-10-14-15(13(11)4-2)12-8-6-5-7-9-12/h5-9H,3-4H2,1-2H3. The maximum Gasteiger partial charge on any atom is 0.117 e. The second-order valence-electron chi connectivity index (χ2n) is 3.49. The van der Waals surface area contributed by atoms with E-state index in [1.54, 1.807) is 0 Å². The second kappa shape index (κ2) is 4.30. The van der Waals surface area contributed by atoms with Crippen LogP contribution in [0.3, 0.4) is 0 Å². The van der Waals surface area contributed by atoms with Crippen LogP contribution < -0.4 is 0 Å². The lowest BCUT2D eigenvalue weighted by Gasteiger charge is -2.06. The van der Waals surface area contributed by atoms with E-state index >= 15 is 0 Å². The van der Waals surface area contributed by atoms with Crippen molar-refractivity contribution in [2.45, 2.75) is 26.7 Å². The molecule has 0 N–H and O–H groups in total. The molecule has 2 nitrogen and oxygen atoms in total. The monoisotopic (exact) mass is 199 g/mol. The van der Waals surface area contributed by atoms with Gasteiger partial charge in [-0.1, -0.05) is 32.0 Å². The fraction of sp³-hybridized carbons (Fsp3) is 0.308. The smallest absolute Gasteiger partial charge is 0.117 e. The van der Waals surface area contributed by atoms with E-state index in [0.29, 0.717) is 0 Å². The van der Waals surface area contributed by atoms with Gasteiger partial charge in [0, 0.05) is 11.3 Å². The third-order valence-electron chi connectivity index (χ3n) is 2.58. The Morgan fingerprint density at radius 1 is 1.13 bits per heavy atom. The lowest BCUT2D eigenvalue weighted by molar-refractivity contribution is 0.807. The number of nitrogens with zero attached hydrogens (tertiary/aromatic N) is 2. The molecule has 0 unspecified atom stereocenters. The van der Waals surface area contributed by atoms with Crippen molar-refractivity contribution in [3.63, 3.8) is 0 Å². The van der Waals surface area contributed by atoms with Crippen LogP contribution in [0.15, 0.2) is 30.3 Å². The Kier molecular flexibility index (Phi) is 2.86. The summed E-state index contributed by atoms with van der Waals surface area (Å²) in [5.74, 6) is 0. The third kappa shape index (κ3) is 1.80. The Balaban J connectivity index is 2.49. The quantitative estimate of drug-likeness (QED) is 0.743. The van der Waals surface area contributed by atoms with E-state index in [0.717, 1.165) is 18.5 Å². The Morgan fingerprint density at radius 2 is 1.87 bits per heavy atom. The largest absolute Gasteiger partial charge is 0.237 e. The summed E-state index contributed by atoms with van der Waals surface area (Å²) in [5, 5.41) is 4.32. The van der Waals surface area contributed by atoms with E-state index < -0.39 is 0 Å². The fourth-order valence-corrected chi connectivity index (χ4v) is 1.79. The second-order valence-corrected chi connectivity index (χ2v) is 3.49. The minimum atomic E-state index is 0.995. The van der Waals surface area contributed by atoms with Gasteiger partial charge in [-0.05, 0) is 25.0 Å². The van der Waals surface area contributed by atoms with Gasteiger partial charge in [0.15, 0.2) is 0 Å². The predicted molar refractivity (Wildman–Crippen MR) is 61.2 cm³/mol. The molecule has 1 heterocycles. The molecule has 1 radical (unpaired) electrons. The van der Waals surface area contributed by atoms with Crippen LogP contribution in [-0.4, -0.2) is 9.78 Å². The summed E-state index contributed by atoms with van der Waals surface area (Å²) in [4.78, 5) is 0. The van der Waals surface area contributed by atoms with Crippen LogP contribution in [-0.2, 0) is 12.8 Å². The normalized spacial score (nSPS) is 10.5. The predicted octanol–water partition coefficient (Wildman–Crippen LogP) is 2.80. The molecular weight excluding hydrogens is 184 g/mol. The molecule has 0 amide bonds. The zero-order valence-electron chi connectivity index (χ0n) is 9.20. The molecule has 0 aliphatic rings. The maximum atomic E-state index is 4.32. The van der Waals surface area contributed by atoms with Crippen molar-refractivity contribution >= 4 is 0 Å². The topological polar surface area (TPSA) is 17.8 Å². The van der Waals surface area contributed by atoms with Crippen molar-refractivity contribution in [3.8, 4) is 5.69 Å². The van der Waals surface area contributed by atoms with Crippen LogP contribution in [0.4, 0.5) is 0 Å². The van der Waals surface area contributed by atoms with Crippen molar-refractivity contribution < 1.29 is 0 Å². The fourth-order valence-electron chi connectivity index (χ4n) is 1.79. The van der Waals surface area contributed by atoms with Crippen LogP contribution in [0, 0.1) is 6.20 Å². The minimum Gasteiger partial charge on any atom is -0.237 e. The van der Waals surface area contributed by atoms with Gasteiger partial charge in [0.2, 0.25) is 0 Å². The first-order valence-electron chi connectivity index (χ1n) is 5.40. The Labute approximate surface area is 90.6 Å². The van der Waals surface area contributed by atoms with E-state index in [4.69, 9.17) is 0 Å². The summed E-state index contributed by atoms with van der Waals surface area (Å²) < 4.78 is 1.98. The summed E-state index contributed by atoms with van der Waals surface area (Å²) in [5.41, 5.74) is 3.61. The molecule has 2 rings (SSSR count). The zero-order valence-corrected chi connectivity index (χ0v) is 9.20. The number of rotatable bonds is 3. The summed E-state index contributed by atoms with van der Waals surface area (Å²) in [6, 6.07) is 10.2. The Hall–Kier alpha value is -1.57. The number of hydrogen-bond donors (Lipinski definition) is 0. The SMILES string of the molecule is CCc1[c]nn(-c2ccccc2)c1CC. The number of hydrogen-bond acceptors (Lipinski definition) is 1. The molecule has 15 heavy (non-hydrogen) atoms. The number of para-hydroxylation sites is 1. The molecule has 0 atom stereocenters. The molecule has 0 fully saturated rings. The highest BCUT2D eigenvalue weighted by Crippen LogP contribution is 2.15. The van der Waals surface area contributed by atoms with Crippen LogP contribution >= 0.6 is 0 Å². The van der Waals surface area contributed by atoms with Gasteiger partial charge in [-0.25, -0.2) is 4.68 Å². The molecule has 0 bridgehead atoms. The van der Waals surface area contributed by atoms with Crippen molar-refractivity contribution in [2.75, 3.05) is 0 Å². The van der Waals surface area contributed by atoms with Gasteiger partial charge in [-0.3, -0.25) is 0 Å². The van der Waals surface area contributed by atoms with E-state index in [-0.39, 0.29) is 0 Å². The van der Waals surface area contributed by atoms with E-state index in [9.17, 15) is 0 Å². The third-order valence-corrected chi connectivity index (χ3v) is 2.58. The first-order valence-corrected chi connectivity index (χ1v) is 5.40. The Bertz CT molecular complexity index is 429. The molecule has 2 aromatic rings. The molecule has 0 saturated carbocycles. The summed E-state index contributed by atoms with van der Waals surface area (Å²) in [6.07, 6.45) is 5.08. The molecule has 2 heteroatoms. The van der Waals surface area contributed by atoms with Crippen molar-refractivity contribution in [1.82, 2.24) is 9.78 Å². The van der Waals surface area contributed by atoms with Gasteiger partial charge in [0.25, 0.3) is 0 Å². The molecule has 0 saturated heterocycles. The van der Waals surface area contributed by atoms with Crippen molar-refractivity contribution in [2.24, 2.45) is 0 Å². The highest BCUT2D eigenvalue weighted by atomic mass is 15.3. The van der Waals surface area contributed by atoms with Crippen LogP contribution in [0.2, 0.25) is 0 Å². The van der Waals surface area contributed by atoms with Crippen molar-refractivity contribution in [1.29, 1.82) is 0 Å². The average molecular weight is 199 g/mol. The first kappa shape index (κ1) is 9.97. The van der Waals surface area contributed by atoms with Gasteiger partial charge < -0.3 is 0 Å². The zero-order chi connectivity index (χ0) is 10.7. The summed E-state index contributed by atoms with van der Waals surface area (Å²) >= 11 is 0. The molecule has 1 aromatic carbocycles. The van der Waals surface area contributed by atoms with E-state index in [2.05, 4.69) is 37.3 Å². The maximum absolute atomic E-state index is 4.32. The highest BCUT2D eigenvalue weighted by Gasteiger charge is 2.08.